The van der Waals surface area contributed by atoms with E-state index in [2.05, 4.69) is 34.6 Å². The summed E-state index contributed by atoms with van der Waals surface area (Å²) in [6.07, 6.45) is 0. The molecule has 0 amide bonds. The second-order valence-corrected chi connectivity index (χ2v) is 6.33. The van der Waals surface area contributed by atoms with Crippen molar-refractivity contribution in [2.45, 2.75) is 40.0 Å². The van der Waals surface area contributed by atoms with E-state index in [0.717, 1.165) is 10.6 Å². The Balaban J connectivity index is 2.64. The molecule has 2 rings (SSSR count). The van der Waals surface area contributed by atoms with Gasteiger partial charge in [0.15, 0.2) is 0 Å². The van der Waals surface area contributed by atoms with E-state index in [0.29, 0.717) is 0 Å². The predicted molar refractivity (Wildman–Crippen MR) is 89.3 cm³/mol. The molecule has 2 heteroatoms. The second-order valence-electron chi connectivity index (χ2n) is 5.46. The molecule has 0 spiro atoms. The Morgan fingerprint density at radius 2 is 1.30 bits per heavy atom. The highest BCUT2D eigenvalue weighted by Gasteiger charge is 2.20. The van der Waals surface area contributed by atoms with Gasteiger partial charge >= 0.3 is 0 Å². The van der Waals surface area contributed by atoms with Gasteiger partial charge in [-0.3, -0.25) is 0 Å². The van der Waals surface area contributed by atoms with Crippen molar-refractivity contribution < 1.29 is 0 Å². The van der Waals surface area contributed by atoms with Gasteiger partial charge in [0.25, 0.3) is 0 Å². The van der Waals surface area contributed by atoms with Crippen LogP contribution in [-0.2, 0) is 0 Å². The van der Waals surface area contributed by atoms with E-state index in [1.54, 1.807) is 0 Å². The molecular weight excluding hydrogens is 287 g/mol. The summed E-state index contributed by atoms with van der Waals surface area (Å²) in [5.74, 6) is 0. The van der Waals surface area contributed by atoms with Crippen LogP contribution in [0.3, 0.4) is 0 Å². The number of rotatable bonds is 2. The number of benzene rings is 2. The van der Waals surface area contributed by atoms with Crippen LogP contribution < -0.4 is 0 Å². The highest BCUT2D eigenvalue weighted by molar-refractivity contribution is 6.31. The predicted octanol–water partition coefficient (Wildman–Crippen LogP) is 6.21. The maximum Gasteiger partial charge on any atom is 0.0841 e. The normalized spacial score (nSPS) is 12.6. The number of hydrogen-bond acceptors (Lipinski definition) is 0. The molecule has 0 nitrogen and oxygen atoms in total. The van der Waals surface area contributed by atoms with Crippen LogP contribution in [0.15, 0.2) is 24.3 Å². The lowest BCUT2D eigenvalue weighted by Crippen LogP contribution is -2.06. The first-order valence-electron chi connectivity index (χ1n) is 6.81. The quantitative estimate of drug-likeness (QED) is 0.579. The van der Waals surface area contributed by atoms with E-state index in [4.69, 9.17) is 23.2 Å². The Hall–Kier alpha value is -0.980. The molecular formula is C18H20Cl2. The lowest BCUT2D eigenvalue weighted by Gasteiger charge is -2.22. The van der Waals surface area contributed by atoms with Crippen LogP contribution in [-0.4, -0.2) is 0 Å². The highest BCUT2D eigenvalue weighted by Crippen LogP contribution is 2.37. The van der Waals surface area contributed by atoms with Gasteiger partial charge in [0.05, 0.1) is 5.38 Å². The minimum absolute atomic E-state index is 0.160. The van der Waals surface area contributed by atoms with Crippen molar-refractivity contribution in [1.82, 2.24) is 0 Å². The molecule has 0 radical (unpaired) electrons. The summed E-state index contributed by atoms with van der Waals surface area (Å²) in [5, 5.41) is 0.565. The van der Waals surface area contributed by atoms with Crippen molar-refractivity contribution in [3.05, 3.63) is 68.2 Å². The Morgan fingerprint density at radius 3 is 1.80 bits per heavy atom. The molecule has 1 atom stereocenters. The van der Waals surface area contributed by atoms with Gasteiger partial charge in [-0.1, -0.05) is 23.7 Å². The van der Waals surface area contributed by atoms with Crippen LogP contribution in [0.25, 0.3) is 0 Å². The first kappa shape index (κ1) is 15.4. The summed E-state index contributed by atoms with van der Waals surface area (Å²) >= 11 is 12.8. The standard InChI is InChI=1S/C18H20Cl2/c1-10-11(2)13(4)17(14(5)12(10)3)18(20)15-7-6-8-16(19)9-15/h6-9,18H,1-5H3. The van der Waals surface area contributed by atoms with Crippen LogP contribution in [0.1, 0.15) is 44.3 Å². The molecule has 0 aliphatic rings. The Labute approximate surface area is 131 Å². The van der Waals surface area contributed by atoms with Crippen molar-refractivity contribution in [1.29, 1.82) is 0 Å². The number of alkyl halides is 1. The molecule has 20 heavy (non-hydrogen) atoms. The first-order valence-corrected chi connectivity index (χ1v) is 7.62. The molecule has 0 bridgehead atoms. The minimum Gasteiger partial charge on any atom is -0.113 e. The summed E-state index contributed by atoms with van der Waals surface area (Å²) in [5.41, 5.74) is 8.85. The van der Waals surface area contributed by atoms with Gasteiger partial charge in [0.1, 0.15) is 0 Å². The van der Waals surface area contributed by atoms with Crippen molar-refractivity contribution in [3.8, 4) is 0 Å². The van der Waals surface area contributed by atoms with Gasteiger partial charge in [0.2, 0.25) is 0 Å². The van der Waals surface area contributed by atoms with E-state index in [1.807, 2.05) is 24.3 Å². The fraction of sp³-hybridized carbons (Fsp3) is 0.333. The minimum atomic E-state index is -0.160. The van der Waals surface area contributed by atoms with E-state index in [9.17, 15) is 0 Å². The monoisotopic (exact) mass is 306 g/mol. The van der Waals surface area contributed by atoms with E-state index < -0.39 is 0 Å². The zero-order valence-electron chi connectivity index (χ0n) is 12.6. The Kier molecular flexibility index (Phi) is 4.46. The summed E-state index contributed by atoms with van der Waals surface area (Å²) in [6, 6.07) is 7.81. The van der Waals surface area contributed by atoms with Gasteiger partial charge in [-0.05, 0) is 85.7 Å². The second kappa shape index (κ2) is 5.79. The van der Waals surface area contributed by atoms with Crippen LogP contribution in [0.2, 0.25) is 5.02 Å². The van der Waals surface area contributed by atoms with Crippen LogP contribution >= 0.6 is 23.2 Å². The third kappa shape index (κ3) is 2.60. The third-order valence-electron chi connectivity index (χ3n) is 4.45. The van der Waals surface area contributed by atoms with Crippen LogP contribution in [0.4, 0.5) is 0 Å². The smallest absolute Gasteiger partial charge is 0.0841 e. The molecule has 0 aromatic heterocycles. The van der Waals surface area contributed by atoms with Gasteiger partial charge < -0.3 is 0 Å². The molecule has 2 aromatic rings. The maximum absolute atomic E-state index is 6.75. The zero-order valence-corrected chi connectivity index (χ0v) is 14.2. The van der Waals surface area contributed by atoms with Gasteiger partial charge in [0, 0.05) is 5.02 Å². The molecule has 0 N–H and O–H groups in total. The van der Waals surface area contributed by atoms with Gasteiger partial charge in [-0.15, -0.1) is 11.6 Å². The van der Waals surface area contributed by atoms with E-state index >= 15 is 0 Å². The van der Waals surface area contributed by atoms with E-state index in [1.165, 1.54) is 33.4 Å². The summed E-state index contributed by atoms with van der Waals surface area (Å²) < 4.78 is 0. The zero-order chi connectivity index (χ0) is 15.0. The average molecular weight is 307 g/mol. The fourth-order valence-corrected chi connectivity index (χ4v) is 3.40. The lowest BCUT2D eigenvalue weighted by atomic mass is 9.86. The Morgan fingerprint density at radius 1 is 0.800 bits per heavy atom. The molecule has 2 aromatic carbocycles. The van der Waals surface area contributed by atoms with Crippen molar-refractivity contribution in [2.24, 2.45) is 0 Å². The lowest BCUT2D eigenvalue weighted by molar-refractivity contribution is 1.04. The number of hydrogen-bond donors (Lipinski definition) is 0. The third-order valence-corrected chi connectivity index (χ3v) is 5.16. The largest absolute Gasteiger partial charge is 0.113 e. The molecule has 0 fully saturated rings. The van der Waals surface area contributed by atoms with Gasteiger partial charge in [-0.25, -0.2) is 0 Å². The summed E-state index contributed by atoms with van der Waals surface area (Å²) in [7, 11) is 0. The van der Waals surface area contributed by atoms with Crippen molar-refractivity contribution in [3.63, 3.8) is 0 Å². The number of halogens is 2. The molecule has 1 unspecified atom stereocenters. The highest BCUT2D eigenvalue weighted by atomic mass is 35.5. The first-order chi connectivity index (χ1) is 9.34. The van der Waals surface area contributed by atoms with Crippen LogP contribution in [0.5, 0.6) is 0 Å². The molecule has 0 heterocycles. The average Bonchev–Trinajstić information content (AvgIpc) is 2.43. The molecule has 106 valence electrons. The molecule has 0 saturated heterocycles. The van der Waals surface area contributed by atoms with Crippen LogP contribution in [0, 0.1) is 34.6 Å². The molecule has 0 saturated carbocycles. The summed E-state index contributed by atoms with van der Waals surface area (Å²) in [6.45, 7) is 10.8. The summed E-state index contributed by atoms with van der Waals surface area (Å²) in [4.78, 5) is 0. The maximum atomic E-state index is 6.75. The molecule has 0 aliphatic carbocycles. The Bertz CT molecular complexity index is 628. The van der Waals surface area contributed by atoms with Crippen molar-refractivity contribution >= 4 is 23.2 Å². The van der Waals surface area contributed by atoms with Crippen molar-refractivity contribution in [2.75, 3.05) is 0 Å². The molecule has 0 aliphatic heterocycles. The van der Waals surface area contributed by atoms with Gasteiger partial charge in [-0.2, -0.15) is 0 Å². The fourth-order valence-electron chi connectivity index (χ4n) is 2.74. The topological polar surface area (TPSA) is 0 Å². The SMILES string of the molecule is Cc1c(C)c(C)c(C(Cl)c2cccc(Cl)c2)c(C)c1C. The van der Waals surface area contributed by atoms with E-state index in [-0.39, 0.29) is 5.38 Å².